The van der Waals surface area contributed by atoms with Gasteiger partial charge < -0.3 is 10.1 Å². The Morgan fingerprint density at radius 1 is 1.14 bits per heavy atom. The zero-order valence-electron chi connectivity index (χ0n) is 19.2. The Hall–Kier alpha value is -3.21. The van der Waals surface area contributed by atoms with Gasteiger partial charge in [-0.3, -0.25) is 19.8 Å². The minimum absolute atomic E-state index is 0.345. The van der Waals surface area contributed by atoms with E-state index >= 15 is 0 Å². The van der Waals surface area contributed by atoms with Crippen LogP contribution in [0.25, 0.3) is 16.6 Å². The van der Waals surface area contributed by atoms with Crippen molar-refractivity contribution in [2.45, 2.75) is 19.8 Å². The number of hydrogen-bond acceptors (Lipinski definition) is 9. The molecular formula is C25H25N5O3S2. The summed E-state index contributed by atoms with van der Waals surface area (Å²) in [6.45, 7) is 5.96. The van der Waals surface area contributed by atoms with E-state index in [1.807, 2.05) is 43.3 Å². The number of aromatic nitrogens is 2. The van der Waals surface area contributed by atoms with Gasteiger partial charge >= 0.3 is 0 Å². The maximum atomic E-state index is 11.8. The average molecular weight is 508 g/mol. The number of amides is 2. The Labute approximate surface area is 211 Å². The molecule has 0 saturated carbocycles. The first kappa shape index (κ1) is 23.5. The van der Waals surface area contributed by atoms with Gasteiger partial charge in [0.25, 0.3) is 11.1 Å². The van der Waals surface area contributed by atoms with Gasteiger partial charge in [0.2, 0.25) is 5.95 Å². The molecule has 2 aliphatic heterocycles. The summed E-state index contributed by atoms with van der Waals surface area (Å²) in [5.41, 5.74) is 2.64. The molecule has 0 radical (unpaired) electrons. The van der Waals surface area contributed by atoms with Gasteiger partial charge in [0.15, 0.2) is 0 Å². The summed E-state index contributed by atoms with van der Waals surface area (Å²) in [5.74, 6) is 0.983. The second-order valence-electron chi connectivity index (χ2n) is 8.33. The molecule has 2 amide bonds. The molecule has 35 heavy (non-hydrogen) atoms. The van der Waals surface area contributed by atoms with Crippen molar-refractivity contribution in [1.82, 2.24) is 20.2 Å². The molecule has 2 N–H and O–H groups in total. The molecule has 180 valence electrons. The van der Waals surface area contributed by atoms with Crippen LogP contribution < -0.4 is 15.4 Å². The Kier molecular flexibility index (Phi) is 7.12. The third-order valence-electron chi connectivity index (χ3n) is 5.73. The lowest BCUT2D eigenvalue weighted by Crippen LogP contribution is -2.25. The third kappa shape index (κ3) is 5.90. The van der Waals surface area contributed by atoms with E-state index in [1.54, 1.807) is 12.3 Å². The lowest BCUT2D eigenvalue weighted by atomic mass is 10.2. The SMILES string of the molecule is Cc1cnc(Nc2ccc(OCCN3CCCC3)cc2)nc1-c1ccc(/C=C2\SC(=O)NC2=O)s1. The van der Waals surface area contributed by atoms with Crippen molar-refractivity contribution < 1.29 is 14.3 Å². The molecule has 0 spiro atoms. The standard InChI is InChI=1S/C25H25N5O3S2/c1-16-15-26-24(27-17-4-6-18(7-5-17)33-13-12-30-10-2-3-11-30)28-22(16)20-9-8-19(34-20)14-21-23(31)29-25(32)35-21/h4-9,14-15H,2-3,10-13H2,1H3,(H,26,27,28)(H,29,31,32)/b21-14-. The van der Waals surface area contributed by atoms with Gasteiger partial charge in [0.1, 0.15) is 12.4 Å². The maximum Gasteiger partial charge on any atom is 0.290 e. The average Bonchev–Trinajstić information content (AvgIpc) is 3.59. The summed E-state index contributed by atoms with van der Waals surface area (Å²) >= 11 is 2.42. The van der Waals surface area contributed by atoms with Crippen molar-refractivity contribution in [2.24, 2.45) is 0 Å². The largest absolute Gasteiger partial charge is 0.492 e. The number of aryl methyl sites for hydroxylation is 1. The van der Waals surface area contributed by atoms with E-state index in [9.17, 15) is 9.59 Å². The Morgan fingerprint density at radius 2 is 1.94 bits per heavy atom. The predicted molar refractivity (Wildman–Crippen MR) is 140 cm³/mol. The second-order valence-corrected chi connectivity index (χ2v) is 10.5. The molecule has 0 unspecified atom stereocenters. The lowest BCUT2D eigenvalue weighted by molar-refractivity contribution is -0.115. The highest BCUT2D eigenvalue weighted by Gasteiger charge is 2.25. The molecule has 0 aliphatic carbocycles. The van der Waals surface area contributed by atoms with Crippen LogP contribution in [0.3, 0.4) is 0 Å². The number of imide groups is 1. The highest BCUT2D eigenvalue weighted by molar-refractivity contribution is 8.18. The number of thioether (sulfide) groups is 1. The smallest absolute Gasteiger partial charge is 0.290 e. The molecule has 5 rings (SSSR count). The zero-order chi connectivity index (χ0) is 24.2. The number of thiophene rings is 1. The summed E-state index contributed by atoms with van der Waals surface area (Å²) in [4.78, 5) is 37.0. The van der Waals surface area contributed by atoms with Gasteiger partial charge in [0, 0.05) is 23.3 Å². The van der Waals surface area contributed by atoms with Crippen molar-refractivity contribution in [3.05, 3.63) is 57.9 Å². The zero-order valence-corrected chi connectivity index (χ0v) is 20.9. The van der Waals surface area contributed by atoms with Crippen molar-refractivity contribution >= 4 is 52.0 Å². The van der Waals surface area contributed by atoms with Gasteiger partial charge in [0.05, 0.1) is 15.5 Å². The Morgan fingerprint density at radius 3 is 2.69 bits per heavy atom. The number of nitrogens with one attached hydrogen (secondary N) is 2. The highest BCUT2D eigenvalue weighted by atomic mass is 32.2. The molecular weight excluding hydrogens is 482 g/mol. The maximum absolute atomic E-state index is 11.8. The van der Waals surface area contributed by atoms with E-state index in [2.05, 4.69) is 20.5 Å². The van der Waals surface area contributed by atoms with E-state index in [0.29, 0.717) is 17.5 Å². The highest BCUT2D eigenvalue weighted by Crippen LogP contribution is 2.33. The summed E-state index contributed by atoms with van der Waals surface area (Å²) in [5, 5.41) is 5.19. The third-order valence-corrected chi connectivity index (χ3v) is 7.58. The number of benzene rings is 1. The minimum atomic E-state index is -0.359. The lowest BCUT2D eigenvalue weighted by Gasteiger charge is -2.15. The van der Waals surface area contributed by atoms with Crippen molar-refractivity contribution in [2.75, 3.05) is 31.6 Å². The number of likely N-dealkylation sites (tertiary alicyclic amines) is 1. The number of nitrogens with zero attached hydrogens (tertiary/aromatic N) is 3. The summed E-state index contributed by atoms with van der Waals surface area (Å²) in [6, 6.07) is 11.7. The van der Waals surface area contributed by atoms with Gasteiger partial charge in [-0.2, -0.15) is 0 Å². The second kappa shape index (κ2) is 10.6. The fourth-order valence-electron chi connectivity index (χ4n) is 3.92. The van der Waals surface area contributed by atoms with E-state index in [4.69, 9.17) is 9.72 Å². The predicted octanol–water partition coefficient (Wildman–Crippen LogP) is 5.06. The molecule has 2 aliphatic rings. The van der Waals surface area contributed by atoms with Crippen LogP contribution in [0.4, 0.5) is 16.4 Å². The van der Waals surface area contributed by atoms with Gasteiger partial charge in [-0.25, -0.2) is 9.97 Å². The number of carbonyl (C=O) groups excluding carboxylic acids is 2. The van der Waals surface area contributed by atoms with Crippen LogP contribution >= 0.6 is 23.1 Å². The first-order valence-electron chi connectivity index (χ1n) is 11.4. The van der Waals surface area contributed by atoms with E-state index in [-0.39, 0.29) is 11.1 Å². The molecule has 1 aromatic carbocycles. The van der Waals surface area contributed by atoms with E-state index in [0.717, 1.165) is 50.8 Å². The number of anilines is 2. The molecule has 0 bridgehead atoms. The molecule has 4 heterocycles. The topological polar surface area (TPSA) is 96.5 Å². The van der Waals surface area contributed by atoms with Crippen LogP contribution in [-0.2, 0) is 4.79 Å². The summed E-state index contributed by atoms with van der Waals surface area (Å²) < 4.78 is 5.88. The summed E-state index contributed by atoms with van der Waals surface area (Å²) in [7, 11) is 0. The van der Waals surface area contributed by atoms with Crippen LogP contribution in [0.1, 0.15) is 23.3 Å². The van der Waals surface area contributed by atoms with Crippen molar-refractivity contribution in [1.29, 1.82) is 0 Å². The van der Waals surface area contributed by atoms with E-state index < -0.39 is 0 Å². The molecule has 8 nitrogen and oxygen atoms in total. The Balaban J connectivity index is 1.23. The van der Waals surface area contributed by atoms with Gasteiger partial charge in [-0.15, -0.1) is 11.3 Å². The van der Waals surface area contributed by atoms with Crippen LogP contribution in [0.15, 0.2) is 47.5 Å². The first-order valence-corrected chi connectivity index (χ1v) is 13.1. The fraction of sp³-hybridized carbons (Fsp3) is 0.280. The normalized spacial score (nSPS) is 17.2. The monoisotopic (exact) mass is 507 g/mol. The molecule has 3 aromatic rings. The number of hydrogen-bond donors (Lipinski definition) is 2. The number of rotatable bonds is 8. The molecule has 2 aromatic heterocycles. The quantitative estimate of drug-likeness (QED) is 0.409. The summed E-state index contributed by atoms with van der Waals surface area (Å²) in [6.07, 6.45) is 6.09. The molecule has 2 fully saturated rings. The minimum Gasteiger partial charge on any atom is -0.492 e. The molecule has 0 atom stereocenters. The van der Waals surface area contributed by atoms with E-state index in [1.165, 1.54) is 37.3 Å². The van der Waals surface area contributed by atoms with Crippen LogP contribution in [-0.4, -0.2) is 52.3 Å². The fourth-order valence-corrected chi connectivity index (χ4v) is 5.68. The van der Waals surface area contributed by atoms with Gasteiger partial charge in [-0.1, -0.05) is 0 Å². The van der Waals surface area contributed by atoms with Gasteiger partial charge in [-0.05, 0) is 92.7 Å². The molecule has 10 heteroatoms. The van der Waals surface area contributed by atoms with Crippen LogP contribution in [0, 0.1) is 6.92 Å². The van der Waals surface area contributed by atoms with Crippen LogP contribution in [0.5, 0.6) is 5.75 Å². The Bertz CT molecular complexity index is 1270. The van der Waals surface area contributed by atoms with Crippen LogP contribution in [0.2, 0.25) is 0 Å². The number of ether oxygens (including phenoxy) is 1. The molecule has 2 saturated heterocycles. The van der Waals surface area contributed by atoms with Crippen molar-refractivity contribution in [3.8, 4) is 16.3 Å². The first-order chi connectivity index (χ1) is 17.0. The number of carbonyl (C=O) groups is 2. The van der Waals surface area contributed by atoms with Crippen molar-refractivity contribution in [3.63, 3.8) is 0 Å².